The van der Waals surface area contributed by atoms with Crippen molar-refractivity contribution in [2.24, 2.45) is 11.3 Å². The van der Waals surface area contributed by atoms with Crippen LogP contribution < -0.4 is 16.0 Å². The molecular weight excluding hydrogens is 266 g/mol. The van der Waals surface area contributed by atoms with Crippen LogP contribution >= 0.6 is 0 Å². The molecule has 2 amide bonds. The lowest BCUT2D eigenvalue weighted by molar-refractivity contribution is -0.137. The first-order valence-corrected chi connectivity index (χ1v) is 8.08. The minimum Gasteiger partial charge on any atom is -0.350 e. The number of carbonyl (C=O) groups excluding carboxylic acids is 2. The van der Waals surface area contributed by atoms with E-state index in [1.807, 2.05) is 20.8 Å². The van der Waals surface area contributed by atoms with Crippen LogP contribution in [-0.4, -0.2) is 36.5 Å². The molecule has 0 aromatic carbocycles. The van der Waals surface area contributed by atoms with Gasteiger partial charge in [-0.25, -0.2) is 0 Å². The van der Waals surface area contributed by atoms with Gasteiger partial charge in [-0.2, -0.15) is 0 Å². The summed E-state index contributed by atoms with van der Waals surface area (Å²) in [4.78, 5) is 24.9. The lowest BCUT2D eigenvalue weighted by Gasteiger charge is -2.38. The van der Waals surface area contributed by atoms with Gasteiger partial charge in [-0.1, -0.05) is 12.8 Å². The SMILES string of the molecule is CC(NC(=O)[C@@]12CCCC[C@H]1CNC2)C(=O)NC(C)(C)C. The van der Waals surface area contributed by atoms with Gasteiger partial charge in [-0.05, 0) is 53.0 Å². The second-order valence-electron chi connectivity index (χ2n) is 7.66. The Kier molecular flexibility index (Phi) is 4.61. The summed E-state index contributed by atoms with van der Waals surface area (Å²) in [5, 5.41) is 9.22. The van der Waals surface area contributed by atoms with E-state index >= 15 is 0 Å². The number of hydrogen-bond donors (Lipinski definition) is 3. The Morgan fingerprint density at radius 3 is 2.67 bits per heavy atom. The van der Waals surface area contributed by atoms with Gasteiger partial charge < -0.3 is 16.0 Å². The smallest absolute Gasteiger partial charge is 0.242 e. The van der Waals surface area contributed by atoms with Gasteiger partial charge in [0.25, 0.3) is 0 Å². The summed E-state index contributed by atoms with van der Waals surface area (Å²) in [6.45, 7) is 9.26. The molecule has 0 aromatic heterocycles. The quantitative estimate of drug-likeness (QED) is 0.732. The van der Waals surface area contributed by atoms with Crippen LogP contribution in [0.25, 0.3) is 0 Å². The van der Waals surface area contributed by atoms with E-state index in [0.29, 0.717) is 5.92 Å². The van der Waals surface area contributed by atoms with Crippen LogP contribution in [-0.2, 0) is 9.59 Å². The predicted octanol–water partition coefficient (Wildman–Crippen LogP) is 1.19. The van der Waals surface area contributed by atoms with Crippen molar-refractivity contribution >= 4 is 11.8 Å². The maximum atomic E-state index is 12.8. The van der Waals surface area contributed by atoms with E-state index in [4.69, 9.17) is 0 Å². The van der Waals surface area contributed by atoms with Gasteiger partial charge >= 0.3 is 0 Å². The number of rotatable bonds is 3. The molecule has 0 radical (unpaired) electrons. The number of nitrogens with one attached hydrogen (secondary N) is 3. The molecular formula is C16H29N3O2. The summed E-state index contributed by atoms with van der Waals surface area (Å²) in [5.41, 5.74) is -0.578. The van der Waals surface area contributed by atoms with Gasteiger partial charge in [0.05, 0.1) is 5.41 Å². The number of carbonyl (C=O) groups is 2. The Morgan fingerprint density at radius 2 is 2.00 bits per heavy atom. The third-order valence-electron chi connectivity index (χ3n) is 4.73. The average molecular weight is 295 g/mol. The highest BCUT2D eigenvalue weighted by atomic mass is 16.2. The van der Waals surface area contributed by atoms with E-state index < -0.39 is 6.04 Å². The minimum atomic E-state index is -0.491. The van der Waals surface area contributed by atoms with Crippen LogP contribution in [0.15, 0.2) is 0 Å². The van der Waals surface area contributed by atoms with Crippen molar-refractivity contribution in [1.29, 1.82) is 0 Å². The second-order valence-corrected chi connectivity index (χ2v) is 7.66. The lowest BCUT2D eigenvalue weighted by Crippen LogP contribution is -2.55. The Bertz CT molecular complexity index is 416. The molecule has 2 aliphatic rings. The summed E-state index contributed by atoms with van der Waals surface area (Å²) < 4.78 is 0. The first-order valence-electron chi connectivity index (χ1n) is 8.08. The summed E-state index contributed by atoms with van der Waals surface area (Å²) in [5.74, 6) is 0.350. The van der Waals surface area contributed by atoms with Crippen molar-refractivity contribution in [3.63, 3.8) is 0 Å². The van der Waals surface area contributed by atoms with Crippen LogP contribution in [0.1, 0.15) is 53.4 Å². The zero-order valence-corrected chi connectivity index (χ0v) is 13.7. The third-order valence-corrected chi connectivity index (χ3v) is 4.73. The minimum absolute atomic E-state index is 0.0498. The van der Waals surface area contributed by atoms with Crippen LogP contribution in [0.4, 0.5) is 0 Å². The topological polar surface area (TPSA) is 70.2 Å². The van der Waals surface area contributed by atoms with Gasteiger partial charge in [0, 0.05) is 12.1 Å². The molecule has 1 aliphatic carbocycles. The first kappa shape index (κ1) is 16.3. The first-order chi connectivity index (χ1) is 9.74. The molecule has 2 fully saturated rings. The fourth-order valence-corrected chi connectivity index (χ4v) is 3.57. The second kappa shape index (κ2) is 5.95. The van der Waals surface area contributed by atoms with Crippen molar-refractivity contribution in [3.05, 3.63) is 0 Å². The van der Waals surface area contributed by atoms with E-state index in [2.05, 4.69) is 16.0 Å². The van der Waals surface area contributed by atoms with E-state index in [-0.39, 0.29) is 22.8 Å². The van der Waals surface area contributed by atoms with Gasteiger partial charge in [0.15, 0.2) is 0 Å². The molecule has 1 saturated carbocycles. The Labute approximate surface area is 127 Å². The molecule has 21 heavy (non-hydrogen) atoms. The molecule has 1 unspecified atom stereocenters. The van der Waals surface area contributed by atoms with Gasteiger partial charge in [-0.15, -0.1) is 0 Å². The van der Waals surface area contributed by atoms with Crippen molar-refractivity contribution in [2.45, 2.75) is 65.0 Å². The molecule has 0 spiro atoms. The summed E-state index contributed by atoms with van der Waals surface area (Å²) >= 11 is 0. The van der Waals surface area contributed by atoms with E-state index in [1.54, 1.807) is 6.92 Å². The van der Waals surface area contributed by atoms with E-state index in [1.165, 1.54) is 6.42 Å². The van der Waals surface area contributed by atoms with Crippen LogP contribution in [0.3, 0.4) is 0 Å². The standard InChI is InChI=1S/C16H29N3O2/c1-11(13(20)19-15(2,3)4)18-14(21)16-8-6-5-7-12(16)9-17-10-16/h11-12,17H,5-10H2,1-4H3,(H,18,21)(H,19,20)/t11?,12-,16+/m0/s1. The van der Waals surface area contributed by atoms with E-state index in [0.717, 1.165) is 32.4 Å². The van der Waals surface area contributed by atoms with Gasteiger partial charge in [0.1, 0.15) is 6.04 Å². The van der Waals surface area contributed by atoms with Gasteiger partial charge in [-0.3, -0.25) is 9.59 Å². The Hall–Kier alpha value is -1.10. The fourth-order valence-electron chi connectivity index (χ4n) is 3.57. The number of fused-ring (bicyclic) bond motifs is 1. The molecule has 120 valence electrons. The van der Waals surface area contributed by atoms with Crippen LogP contribution in [0, 0.1) is 11.3 Å². The monoisotopic (exact) mass is 295 g/mol. The highest BCUT2D eigenvalue weighted by Crippen LogP contribution is 2.43. The lowest BCUT2D eigenvalue weighted by atomic mass is 9.67. The molecule has 0 bridgehead atoms. The van der Waals surface area contributed by atoms with E-state index in [9.17, 15) is 9.59 Å². The normalized spacial score (nSPS) is 30.4. The largest absolute Gasteiger partial charge is 0.350 e. The Morgan fingerprint density at radius 1 is 1.29 bits per heavy atom. The molecule has 1 saturated heterocycles. The highest BCUT2D eigenvalue weighted by Gasteiger charge is 2.50. The fraction of sp³-hybridized carbons (Fsp3) is 0.875. The Balaban J connectivity index is 1.98. The van der Waals surface area contributed by atoms with Crippen molar-refractivity contribution in [1.82, 2.24) is 16.0 Å². The van der Waals surface area contributed by atoms with Crippen LogP contribution in [0.2, 0.25) is 0 Å². The van der Waals surface area contributed by atoms with Crippen molar-refractivity contribution in [2.75, 3.05) is 13.1 Å². The molecule has 5 heteroatoms. The third kappa shape index (κ3) is 3.57. The summed E-state index contributed by atoms with van der Waals surface area (Å²) in [7, 11) is 0. The maximum absolute atomic E-state index is 12.8. The zero-order valence-electron chi connectivity index (χ0n) is 13.7. The number of amides is 2. The molecule has 2 rings (SSSR count). The summed E-state index contributed by atoms with van der Waals surface area (Å²) in [6.07, 6.45) is 4.36. The maximum Gasteiger partial charge on any atom is 0.242 e. The molecule has 3 N–H and O–H groups in total. The zero-order chi connectivity index (χ0) is 15.7. The number of hydrogen-bond acceptors (Lipinski definition) is 3. The van der Waals surface area contributed by atoms with Crippen molar-refractivity contribution in [3.8, 4) is 0 Å². The van der Waals surface area contributed by atoms with Crippen LogP contribution in [0.5, 0.6) is 0 Å². The highest BCUT2D eigenvalue weighted by molar-refractivity contribution is 5.90. The average Bonchev–Trinajstić information content (AvgIpc) is 2.81. The molecule has 1 heterocycles. The molecule has 5 nitrogen and oxygen atoms in total. The molecule has 3 atom stereocenters. The predicted molar refractivity (Wildman–Crippen MR) is 82.8 cm³/mol. The van der Waals surface area contributed by atoms with Crippen molar-refractivity contribution < 1.29 is 9.59 Å². The summed E-state index contributed by atoms with van der Waals surface area (Å²) in [6, 6.07) is -0.491. The molecule has 0 aromatic rings. The molecule has 1 aliphatic heterocycles. The van der Waals surface area contributed by atoms with Gasteiger partial charge in [0.2, 0.25) is 11.8 Å².